The van der Waals surface area contributed by atoms with Crippen molar-refractivity contribution in [3.05, 3.63) is 22.8 Å². The molecule has 1 nitrogen and oxygen atoms in total. The van der Waals surface area contributed by atoms with Crippen LogP contribution in [-0.2, 0) is 12.8 Å². The van der Waals surface area contributed by atoms with E-state index in [1.165, 1.54) is 16.7 Å². The fourth-order valence-electron chi connectivity index (χ4n) is 1.79. The molecular weight excluding hydrogens is 317 g/mol. The van der Waals surface area contributed by atoms with E-state index in [0.29, 0.717) is 0 Å². The van der Waals surface area contributed by atoms with Gasteiger partial charge in [-0.1, -0.05) is 42.0 Å². The summed E-state index contributed by atoms with van der Waals surface area (Å²) in [5, 5.41) is 0. The van der Waals surface area contributed by atoms with E-state index in [-0.39, 0.29) is 0 Å². The Bertz CT molecular complexity index is 350. The van der Waals surface area contributed by atoms with Crippen LogP contribution in [-0.4, -0.2) is 4.43 Å². The van der Waals surface area contributed by atoms with Gasteiger partial charge in [0.1, 0.15) is 0 Å². The van der Waals surface area contributed by atoms with E-state index in [4.69, 9.17) is 5.73 Å². The monoisotopic (exact) mass is 335 g/mol. The molecule has 2 N–H and O–H groups in total. The molecule has 1 aromatic rings. The quantitative estimate of drug-likeness (QED) is 0.372. The molecule has 84 valence electrons. The van der Waals surface area contributed by atoms with Crippen LogP contribution in [0.15, 0.2) is 11.0 Å². The Morgan fingerprint density at radius 2 is 2.07 bits per heavy atom. The van der Waals surface area contributed by atoms with Gasteiger partial charge in [0.05, 0.1) is 0 Å². The molecule has 1 aromatic carbocycles. The van der Waals surface area contributed by atoms with Gasteiger partial charge in [0.15, 0.2) is 0 Å². The SMILES string of the molecule is CCCc1cc(C)c(S)c(CCI)c1N. The minimum atomic E-state index is 0.962. The predicted octanol–water partition coefficient (Wildman–Crippen LogP) is 3.80. The van der Waals surface area contributed by atoms with Crippen LogP contribution in [0.4, 0.5) is 5.69 Å². The second kappa shape index (κ2) is 5.99. The standard InChI is InChI=1S/C12H18INS/c1-3-4-9-7-8(2)12(15)10(5-6-13)11(9)14/h7,15H,3-6,14H2,1-2H3. The number of hydrogen-bond acceptors (Lipinski definition) is 2. The van der Waals surface area contributed by atoms with E-state index in [2.05, 4.69) is 55.1 Å². The summed E-state index contributed by atoms with van der Waals surface area (Å²) in [6.45, 7) is 4.29. The van der Waals surface area contributed by atoms with Gasteiger partial charge in [-0.05, 0) is 36.5 Å². The lowest BCUT2D eigenvalue weighted by atomic mass is 9.98. The lowest BCUT2D eigenvalue weighted by Gasteiger charge is -2.15. The van der Waals surface area contributed by atoms with Crippen molar-refractivity contribution in [2.45, 2.75) is 38.0 Å². The van der Waals surface area contributed by atoms with Crippen molar-refractivity contribution < 1.29 is 0 Å². The Balaban J connectivity index is 3.22. The van der Waals surface area contributed by atoms with Gasteiger partial charge in [-0.3, -0.25) is 0 Å². The molecule has 0 aromatic heterocycles. The molecule has 15 heavy (non-hydrogen) atoms. The molecule has 0 amide bonds. The fraction of sp³-hybridized carbons (Fsp3) is 0.500. The van der Waals surface area contributed by atoms with Crippen LogP contribution in [0, 0.1) is 6.92 Å². The molecule has 0 saturated heterocycles. The highest BCUT2D eigenvalue weighted by Crippen LogP contribution is 2.29. The van der Waals surface area contributed by atoms with Crippen molar-refractivity contribution in [2.24, 2.45) is 0 Å². The Hall–Kier alpha value is 0.1000. The molecular formula is C12H18INS. The molecule has 0 aliphatic carbocycles. The van der Waals surface area contributed by atoms with Crippen LogP contribution < -0.4 is 5.73 Å². The van der Waals surface area contributed by atoms with Crippen molar-refractivity contribution in [3.8, 4) is 0 Å². The molecule has 0 aliphatic heterocycles. The summed E-state index contributed by atoms with van der Waals surface area (Å²) in [6.07, 6.45) is 3.22. The first-order chi connectivity index (χ1) is 7.11. The van der Waals surface area contributed by atoms with Crippen molar-refractivity contribution in [2.75, 3.05) is 10.2 Å². The highest BCUT2D eigenvalue weighted by Gasteiger charge is 2.10. The highest BCUT2D eigenvalue weighted by atomic mass is 127. The zero-order chi connectivity index (χ0) is 11.4. The number of rotatable bonds is 4. The minimum absolute atomic E-state index is 0.962. The van der Waals surface area contributed by atoms with Gasteiger partial charge in [0.25, 0.3) is 0 Å². The third-order valence-electron chi connectivity index (χ3n) is 2.59. The Morgan fingerprint density at radius 1 is 1.40 bits per heavy atom. The number of nitrogens with two attached hydrogens (primary N) is 1. The molecule has 0 fully saturated rings. The summed E-state index contributed by atoms with van der Waals surface area (Å²) in [6, 6.07) is 2.18. The molecule has 0 radical (unpaired) electrons. The Morgan fingerprint density at radius 3 is 2.60 bits per heavy atom. The Labute approximate surface area is 111 Å². The summed E-state index contributed by atoms with van der Waals surface area (Å²) < 4.78 is 1.09. The molecule has 0 saturated carbocycles. The van der Waals surface area contributed by atoms with Gasteiger partial charge >= 0.3 is 0 Å². The van der Waals surface area contributed by atoms with E-state index in [1.807, 2.05) is 0 Å². The van der Waals surface area contributed by atoms with Crippen LogP contribution in [0.1, 0.15) is 30.0 Å². The molecule has 0 spiro atoms. The van der Waals surface area contributed by atoms with E-state index in [0.717, 1.165) is 34.3 Å². The van der Waals surface area contributed by atoms with Crippen LogP contribution in [0.3, 0.4) is 0 Å². The number of nitrogen functional groups attached to an aromatic ring is 1. The first-order valence-electron chi connectivity index (χ1n) is 5.27. The third kappa shape index (κ3) is 3.03. The number of alkyl halides is 1. The second-order valence-electron chi connectivity index (χ2n) is 3.78. The topological polar surface area (TPSA) is 26.0 Å². The van der Waals surface area contributed by atoms with Crippen molar-refractivity contribution in [1.29, 1.82) is 0 Å². The summed E-state index contributed by atoms with van der Waals surface area (Å²) in [5.41, 5.74) is 10.9. The number of benzene rings is 1. The zero-order valence-electron chi connectivity index (χ0n) is 9.31. The van der Waals surface area contributed by atoms with Crippen molar-refractivity contribution >= 4 is 40.9 Å². The van der Waals surface area contributed by atoms with Gasteiger partial charge in [-0.2, -0.15) is 0 Å². The van der Waals surface area contributed by atoms with E-state index in [9.17, 15) is 0 Å². The predicted molar refractivity (Wildman–Crippen MR) is 79.4 cm³/mol. The maximum absolute atomic E-state index is 6.17. The molecule has 0 unspecified atom stereocenters. The lowest BCUT2D eigenvalue weighted by Crippen LogP contribution is -2.03. The highest BCUT2D eigenvalue weighted by molar-refractivity contribution is 14.1. The van der Waals surface area contributed by atoms with Crippen molar-refractivity contribution in [1.82, 2.24) is 0 Å². The van der Waals surface area contributed by atoms with Gasteiger partial charge in [-0.15, -0.1) is 12.6 Å². The summed E-state index contributed by atoms with van der Waals surface area (Å²) in [5.74, 6) is 0. The maximum atomic E-state index is 6.17. The van der Waals surface area contributed by atoms with E-state index in [1.54, 1.807) is 0 Å². The maximum Gasteiger partial charge on any atom is 0.0390 e. The third-order valence-corrected chi connectivity index (χ3v) is 3.75. The number of halogens is 1. The minimum Gasteiger partial charge on any atom is -0.398 e. The Kier molecular flexibility index (Phi) is 5.26. The van der Waals surface area contributed by atoms with Crippen LogP contribution in [0.25, 0.3) is 0 Å². The average Bonchev–Trinajstić information content (AvgIpc) is 2.21. The average molecular weight is 335 g/mol. The number of aryl methyl sites for hydroxylation is 2. The van der Waals surface area contributed by atoms with Gasteiger partial charge in [-0.25, -0.2) is 0 Å². The zero-order valence-corrected chi connectivity index (χ0v) is 12.4. The van der Waals surface area contributed by atoms with Crippen LogP contribution in [0.2, 0.25) is 0 Å². The summed E-state index contributed by atoms with van der Waals surface area (Å²) in [4.78, 5) is 1.07. The normalized spacial score (nSPS) is 10.7. The van der Waals surface area contributed by atoms with Gasteiger partial charge < -0.3 is 5.73 Å². The fourth-order valence-corrected chi connectivity index (χ4v) is 2.63. The van der Waals surface area contributed by atoms with Gasteiger partial charge in [0, 0.05) is 15.0 Å². The summed E-state index contributed by atoms with van der Waals surface area (Å²) in [7, 11) is 0. The second-order valence-corrected chi connectivity index (χ2v) is 5.31. The largest absolute Gasteiger partial charge is 0.398 e. The van der Waals surface area contributed by atoms with Gasteiger partial charge in [0.2, 0.25) is 0 Å². The number of anilines is 1. The summed E-state index contributed by atoms with van der Waals surface area (Å²) >= 11 is 6.93. The smallest absolute Gasteiger partial charge is 0.0390 e. The first kappa shape index (κ1) is 13.2. The van der Waals surface area contributed by atoms with Crippen molar-refractivity contribution in [3.63, 3.8) is 0 Å². The molecule has 0 atom stereocenters. The molecule has 0 aliphatic rings. The lowest BCUT2D eigenvalue weighted by molar-refractivity contribution is 0.913. The molecule has 1 rings (SSSR count). The number of hydrogen-bond donors (Lipinski definition) is 2. The van der Waals surface area contributed by atoms with Crippen LogP contribution >= 0.6 is 35.2 Å². The number of thiol groups is 1. The molecule has 0 heterocycles. The molecule has 3 heteroatoms. The molecule has 0 bridgehead atoms. The van der Waals surface area contributed by atoms with E-state index < -0.39 is 0 Å². The van der Waals surface area contributed by atoms with E-state index >= 15 is 0 Å². The van der Waals surface area contributed by atoms with Crippen LogP contribution in [0.5, 0.6) is 0 Å². The first-order valence-corrected chi connectivity index (χ1v) is 7.24.